The van der Waals surface area contributed by atoms with Crippen LogP contribution in [0.15, 0.2) is 65.8 Å². The molecular formula is C21H19N5O3S. The van der Waals surface area contributed by atoms with Gasteiger partial charge in [0.2, 0.25) is 10.0 Å². The van der Waals surface area contributed by atoms with Crippen molar-refractivity contribution < 1.29 is 13.2 Å². The second-order valence-corrected chi connectivity index (χ2v) is 8.46. The summed E-state index contributed by atoms with van der Waals surface area (Å²) in [6, 6.07) is 14.3. The fourth-order valence-corrected chi connectivity index (χ4v) is 3.81. The van der Waals surface area contributed by atoms with Gasteiger partial charge in [0.1, 0.15) is 5.56 Å². The summed E-state index contributed by atoms with van der Waals surface area (Å²) in [5, 5.41) is 12.3. The van der Waals surface area contributed by atoms with Gasteiger partial charge in [-0.15, -0.1) is 0 Å². The molecule has 3 N–H and O–H groups in total. The number of benzene rings is 2. The highest BCUT2D eigenvalue weighted by Crippen LogP contribution is 2.25. The molecule has 0 atom stereocenters. The molecule has 1 amide bonds. The summed E-state index contributed by atoms with van der Waals surface area (Å²) in [6.45, 7) is 3.54. The van der Waals surface area contributed by atoms with E-state index in [2.05, 4.69) is 15.4 Å². The first kappa shape index (κ1) is 19.7. The quantitative estimate of drug-likeness (QED) is 0.525. The molecule has 0 unspecified atom stereocenters. The zero-order chi connectivity index (χ0) is 21.5. The lowest BCUT2D eigenvalue weighted by Gasteiger charge is -2.12. The molecule has 8 nitrogen and oxygen atoms in total. The minimum absolute atomic E-state index is 0.0646. The van der Waals surface area contributed by atoms with E-state index < -0.39 is 15.9 Å². The SMILES string of the molecule is Cc1cc(S(N)(=O)=O)cc(NC(=O)c2cnn3c(-c4ccccc4)ccnc23)c1C. The number of carbonyl (C=O) groups excluding carboxylic acids is 1. The Morgan fingerprint density at radius 3 is 2.53 bits per heavy atom. The van der Waals surface area contributed by atoms with Crippen molar-refractivity contribution in [3.63, 3.8) is 0 Å². The van der Waals surface area contributed by atoms with Gasteiger partial charge in [-0.3, -0.25) is 4.79 Å². The third-order valence-corrected chi connectivity index (χ3v) is 5.83. The molecule has 0 bridgehead atoms. The summed E-state index contributed by atoms with van der Waals surface area (Å²) >= 11 is 0. The van der Waals surface area contributed by atoms with E-state index in [4.69, 9.17) is 5.14 Å². The van der Waals surface area contributed by atoms with Crippen molar-refractivity contribution >= 4 is 27.3 Å². The lowest BCUT2D eigenvalue weighted by molar-refractivity contribution is 0.102. The molecule has 0 aliphatic heterocycles. The molecule has 4 rings (SSSR count). The van der Waals surface area contributed by atoms with Crippen LogP contribution in [0.4, 0.5) is 5.69 Å². The van der Waals surface area contributed by atoms with Gasteiger partial charge < -0.3 is 5.32 Å². The number of aryl methyl sites for hydroxylation is 1. The molecule has 0 spiro atoms. The number of carbonyl (C=O) groups is 1. The van der Waals surface area contributed by atoms with E-state index in [0.717, 1.165) is 16.8 Å². The number of primary sulfonamides is 1. The van der Waals surface area contributed by atoms with Gasteiger partial charge in [0.05, 0.1) is 16.8 Å². The topological polar surface area (TPSA) is 119 Å². The second kappa shape index (κ2) is 7.36. The van der Waals surface area contributed by atoms with Gasteiger partial charge in [-0.1, -0.05) is 30.3 Å². The number of sulfonamides is 1. The predicted octanol–water partition coefficient (Wildman–Crippen LogP) is 2.91. The summed E-state index contributed by atoms with van der Waals surface area (Å²) in [6.07, 6.45) is 3.06. The summed E-state index contributed by atoms with van der Waals surface area (Å²) in [5.41, 5.74) is 4.20. The summed E-state index contributed by atoms with van der Waals surface area (Å²) < 4.78 is 25.1. The van der Waals surface area contributed by atoms with Crippen molar-refractivity contribution in [3.05, 3.63) is 77.6 Å². The highest BCUT2D eigenvalue weighted by molar-refractivity contribution is 7.89. The summed E-state index contributed by atoms with van der Waals surface area (Å²) in [4.78, 5) is 17.2. The van der Waals surface area contributed by atoms with Crippen molar-refractivity contribution in [3.8, 4) is 11.3 Å². The van der Waals surface area contributed by atoms with Crippen LogP contribution in [-0.2, 0) is 10.0 Å². The van der Waals surface area contributed by atoms with Crippen molar-refractivity contribution in [2.45, 2.75) is 18.7 Å². The molecule has 0 aliphatic carbocycles. The number of nitrogens with zero attached hydrogens (tertiary/aromatic N) is 3. The van der Waals surface area contributed by atoms with Gasteiger partial charge in [-0.25, -0.2) is 23.1 Å². The maximum Gasteiger partial charge on any atom is 0.261 e. The largest absolute Gasteiger partial charge is 0.322 e. The summed E-state index contributed by atoms with van der Waals surface area (Å²) in [5.74, 6) is -0.447. The fourth-order valence-electron chi connectivity index (χ4n) is 3.19. The van der Waals surface area contributed by atoms with Crippen molar-refractivity contribution in [2.24, 2.45) is 5.14 Å². The number of nitrogens with one attached hydrogen (secondary N) is 1. The maximum atomic E-state index is 13.0. The van der Waals surface area contributed by atoms with Gasteiger partial charge in [-0.2, -0.15) is 5.10 Å². The zero-order valence-electron chi connectivity index (χ0n) is 16.3. The van der Waals surface area contributed by atoms with Crippen LogP contribution in [0.5, 0.6) is 0 Å². The Morgan fingerprint density at radius 1 is 1.10 bits per heavy atom. The fraction of sp³-hybridized carbons (Fsp3) is 0.0952. The average Bonchev–Trinajstić information content (AvgIpc) is 3.15. The number of fused-ring (bicyclic) bond motifs is 1. The van der Waals surface area contributed by atoms with Crippen LogP contribution >= 0.6 is 0 Å². The Hall–Kier alpha value is -3.56. The number of hydrogen-bond donors (Lipinski definition) is 2. The standard InChI is InChI=1S/C21H19N5O3S/c1-13-10-16(30(22,28)29)11-18(14(13)2)25-21(27)17-12-24-26-19(8-9-23-20(17)26)15-6-4-3-5-7-15/h3-12H,1-2H3,(H,25,27)(H2,22,28,29). The van der Waals surface area contributed by atoms with Gasteiger partial charge in [0, 0.05) is 17.4 Å². The minimum atomic E-state index is -3.91. The van der Waals surface area contributed by atoms with E-state index in [1.807, 2.05) is 36.4 Å². The van der Waals surface area contributed by atoms with Gasteiger partial charge >= 0.3 is 0 Å². The molecule has 0 saturated heterocycles. The Bertz CT molecular complexity index is 1380. The average molecular weight is 421 g/mol. The lowest BCUT2D eigenvalue weighted by atomic mass is 10.1. The van der Waals surface area contributed by atoms with E-state index >= 15 is 0 Å². The van der Waals surface area contributed by atoms with Crippen LogP contribution in [0.2, 0.25) is 0 Å². The molecule has 0 aliphatic rings. The maximum absolute atomic E-state index is 13.0. The normalized spacial score (nSPS) is 11.6. The predicted molar refractivity (Wildman–Crippen MR) is 114 cm³/mol. The molecule has 152 valence electrons. The lowest BCUT2D eigenvalue weighted by Crippen LogP contribution is -2.16. The highest BCUT2D eigenvalue weighted by Gasteiger charge is 2.19. The van der Waals surface area contributed by atoms with Crippen molar-refractivity contribution in [1.29, 1.82) is 0 Å². The number of amides is 1. The molecule has 2 heterocycles. The number of nitrogens with two attached hydrogens (primary N) is 1. The van der Waals surface area contributed by atoms with E-state index in [-0.39, 0.29) is 10.5 Å². The van der Waals surface area contributed by atoms with Gasteiger partial charge in [0.25, 0.3) is 5.91 Å². The van der Waals surface area contributed by atoms with Crippen LogP contribution < -0.4 is 10.5 Å². The molecule has 4 aromatic rings. The van der Waals surface area contributed by atoms with E-state index in [0.29, 0.717) is 16.9 Å². The zero-order valence-corrected chi connectivity index (χ0v) is 17.1. The Labute approximate surface area is 173 Å². The number of aromatic nitrogens is 3. The van der Waals surface area contributed by atoms with E-state index in [1.54, 1.807) is 24.6 Å². The Morgan fingerprint density at radius 2 is 1.83 bits per heavy atom. The minimum Gasteiger partial charge on any atom is -0.322 e. The third kappa shape index (κ3) is 3.56. The number of rotatable bonds is 4. The number of anilines is 1. The first-order valence-corrected chi connectivity index (χ1v) is 10.6. The van der Waals surface area contributed by atoms with Crippen LogP contribution in [-0.4, -0.2) is 28.9 Å². The first-order valence-electron chi connectivity index (χ1n) is 9.09. The van der Waals surface area contributed by atoms with E-state index in [1.165, 1.54) is 18.3 Å². The Balaban J connectivity index is 1.75. The molecule has 9 heteroatoms. The smallest absolute Gasteiger partial charge is 0.261 e. The molecule has 2 aromatic heterocycles. The first-order chi connectivity index (χ1) is 14.3. The van der Waals surface area contributed by atoms with Crippen molar-refractivity contribution in [1.82, 2.24) is 14.6 Å². The molecular weight excluding hydrogens is 402 g/mol. The molecule has 2 aromatic carbocycles. The molecule has 0 saturated carbocycles. The Kier molecular flexibility index (Phi) is 4.84. The van der Waals surface area contributed by atoms with Crippen molar-refractivity contribution in [2.75, 3.05) is 5.32 Å². The summed E-state index contributed by atoms with van der Waals surface area (Å²) in [7, 11) is -3.91. The van der Waals surface area contributed by atoms with Crippen LogP contribution in [0.1, 0.15) is 21.5 Å². The van der Waals surface area contributed by atoms with Gasteiger partial charge in [-0.05, 0) is 43.2 Å². The van der Waals surface area contributed by atoms with Crippen LogP contribution in [0, 0.1) is 13.8 Å². The molecule has 30 heavy (non-hydrogen) atoms. The van der Waals surface area contributed by atoms with Crippen LogP contribution in [0.25, 0.3) is 16.9 Å². The van der Waals surface area contributed by atoms with E-state index in [9.17, 15) is 13.2 Å². The highest BCUT2D eigenvalue weighted by atomic mass is 32.2. The second-order valence-electron chi connectivity index (χ2n) is 6.90. The molecule has 0 fully saturated rings. The number of hydrogen-bond acceptors (Lipinski definition) is 5. The van der Waals surface area contributed by atoms with Crippen LogP contribution in [0.3, 0.4) is 0 Å². The molecule has 0 radical (unpaired) electrons. The third-order valence-electron chi connectivity index (χ3n) is 4.93. The van der Waals surface area contributed by atoms with Gasteiger partial charge in [0.15, 0.2) is 5.65 Å². The monoisotopic (exact) mass is 421 g/mol.